The third-order valence-electron chi connectivity index (χ3n) is 3.22. The van der Waals surface area contributed by atoms with Crippen LogP contribution in [-0.4, -0.2) is 23.8 Å². The van der Waals surface area contributed by atoms with Crippen LogP contribution >= 0.6 is 11.6 Å². The lowest BCUT2D eigenvalue weighted by atomic mass is 10.1. The number of amides is 2. The molecule has 0 aromatic heterocycles. The van der Waals surface area contributed by atoms with E-state index in [1.165, 1.54) is 6.92 Å². The summed E-state index contributed by atoms with van der Waals surface area (Å²) >= 11 is 5.84. The van der Waals surface area contributed by atoms with Gasteiger partial charge >= 0.3 is 6.03 Å². The zero-order valence-electron chi connectivity index (χ0n) is 12.5. The molecule has 2 amide bonds. The first-order valence-corrected chi connectivity index (χ1v) is 7.21. The highest BCUT2D eigenvalue weighted by Gasteiger charge is 2.09. The van der Waals surface area contributed by atoms with Crippen LogP contribution in [0.2, 0.25) is 5.02 Å². The second kappa shape index (κ2) is 7.09. The Kier molecular flexibility index (Phi) is 5.17. The summed E-state index contributed by atoms with van der Waals surface area (Å²) in [5.74, 6) is -0.00210. The fourth-order valence-electron chi connectivity index (χ4n) is 1.94. The van der Waals surface area contributed by atoms with Gasteiger partial charge in [-0.1, -0.05) is 23.7 Å². The van der Waals surface area contributed by atoms with Gasteiger partial charge in [-0.05, 0) is 48.9 Å². The van der Waals surface area contributed by atoms with Crippen molar-refractivity contribution in [2.24, 2.45) is 0 Å². The van der Waals surface area contributed by atoms with Crippen molar-refractivity contribution in [1.82, 2.24) is 4.90 Å². The average Bonchev–Trinajstić information content (AvgIpc) is 2.50. The number of nitrogens with zero attached hydrogens (tertiary/aromatic N) is 1. The summed E-state index contributed by atoms with van der Waals surface area (Å²) in [6.45, 7) is 1.99. The Morgan fingerprint density at radius 3 is 2.18 bits per heavy atom. The number of halogens is 1. The smallest absolute Gasteiger partial charge is 0.321 e. The van der Waals surface area contributed by atoms with Crippen LogP contribution in [0.25, 0.3) is 0 Å². The normalized spacial score (nSPS) is 10.1. The molecule has 0 aliphatic rings. The summed E-state index contributed by atoms with van der Waals surface area (Å²) < 4.78 is 0. The predicted molar refractivity (Wildman–Crippen MR) is 88.4 cm³/mol. The van der Waals surface area contributed by atoms with Crippen LogP contribution in [0.15, 0.2) is 48.5 Å². The van der Waals surface area contributed by atoms with Crippen molar-refractivity contribution >= 4 is 29.1 Å². The number of rotatable bonds is 4. The number of hydrogen-bond acceptors (Lipinski definition) is 2. The molecule has 2 rings (SSSR count). The molecule has 4 nitrogen and oxygen atoms in total. The summed E-state index contributed by atoms with van der Waals surface area (Å²) in [6.07, 6.45) is 0. The van der Waals surface area contributed by atoms with E-state index < -0.39 is 0 Å². The molecule has 0 saturated heterocycles. The van der Waals surface area contributed by atoms with Gasteiger partial charge < -0.3 is 10.2 Å². The minimum Gasteiger partial charge on any atom is -0.323 e. The first-order valence-electron chi connectivity index (χ1n) is 6.83. The van der Waals surface area contributed by atoms with Crippen LogP contribution in [-0.2, 0) is 6.54 Å². The molecular formula is C17H17ClN2O2. The van der Waals surface area contributed by atoms with Gasteiger partial charge in [-0.3, -0.25) is 4.79 Å². The second-order valence-corrected chi connectivity index (χ2v) is 5.48. The number of nitrogens with one attached hydrogen (secondary N) is 1. The van der Waals surface area contributed by atoms with Gasteiger partial charge in [0.25, 0.3) is 0 Å². The lowest BCUT2D eigenvalue weighted by molar-refractivity contribution is 0.101. The van der Waals surface area contributed by atoms with E-state index in [-0.39, 0.29) is 11.8 Å². The number of ketones is 1. The zero-order chi connectivity index (χ0) is 16.1. The lowest BCUT2D eigenvalue weighted by Gasteiger charge is -2.18. The van der Waals surface area contributed by atoms with Crippen LogP contribution in [0.3, 0.4) is 0 Å². The molecule has 0 saturated carbocycles. The molecule has 0 bridgehead atoms. The number of Topliss-reactive ketones (excluding diaryl/α,β-unsaturated/α-hetero) is 1. The van der Waals surface area contributed by atoms with Crippen molar-refractivity contribution in [3.63, 3.8) is 0 Å². The summed E-state index contributed by atoms with van der Waals surface area (Å²) in [5.41, 5.74) is 2.26. The highest BCUT2D eigenvalue weighted by molar-refractivity contribution is 6.30. The van der Waals surface area contributed by atoms with Crippen LogP contribution in [0.4, 0.5) is 10.5 Å². The van der Waals surface area contributed by atoms with E-state index in [0.29, 0.717) is 22.8 Å². The maximum atomic E-state index is 12.1. The van der Waals surface area contributed by atoms with Gasteiger partial charge in [0.05, 0.1) is 0 Å². The Hall–Kier alpha value is -2.33. The largest absolute Gasteiger partial charge is 0.323 e. The Bertz CT molecular complexity index is 666. The summed E-state index contributed by atoms with van der Waals surface area (Å²) in [6, 6.07) is 13.9. The van der Waals surface area contributed by atoms with E-state index >= 15 is 0 Å². The number of hydrogen-bond donors (Lipinski definition) is 1. The molecule has 5 heteroatoms. The van der Waals surface area contributed by atoms with Crippen molar-refractivity contribution in [1.29, 1.82) is 0 Å². The van der Waals surface area contributed by atoms with Crippen LogP contribution in [0.1, 0.15) is 22.8 Å². The Labute approximate surface area is 134 Å². The van der Waals surface area contributed by atoms with Crippen molar-refractivity contribution in [3.05, 3.63) is 64.7 Å². The Morgan fingerprint density at radius 1 is 1.05 bits per heavy atom. The second-order valence-electron chi connectivity index (χ2n) is 5.05. The maximum Gasteiger partial charge on any atom is 0.321 e. The molecule has 2 aromatic carbocycles. The molecule has 0 fully saturated rings. The molecular weight excluding hydrogens is 300 g/mol. The van der Waals surface area contributed by atoms with Gasteiger partial charge in [-0.25, -0.2) is 4.79 Å². The first-order chi connectivity index (χ1) is 10.5. The van der Waals surface area contributed by atoms with Gasteiger partial charge in [0.2, 0.25) is 0 Å². The molecule has 22 heavy (non-hydrogen) atoms. The lowest BCUT2D eigenvalue weighted by Crippen LogP contribution is -2.30. The topological polar surface area (TPSA) is 49.4 Å². The van der Waals surface area contributed by atoms with Gasteiger partial charge in [0.15, 0.2) is 5.78 Å². The fourth-order valence-corrected chi connectivity index (χ4v) is 2.07. The minimum atomic E-state index is -0.217. The van der Waals surface area contributed by atoms with Crippen molar-refractivity contribution in [3.8, 4) is 0 Å². The molecule has 0 atom stereocenters. The SMILES string of the molecule is CC(=O)c1ccc(NC(=O)N(C)Cc2ccc(Cl)cc2)cc1. The molecule has 0 aliphatic heterocycles. The molecule has 2 aromatic rings. The van der Waals surface area contributed by atoms with Gasteiger partial charge in [-0.15, -0.1) is 0 Å². The quantitative estimate of drug-likeness (QED) is 0.859. The summed E-state index contributed by atoms with van der Waals surface area (Å²) in [4.78, 5) is 24.9. The summed E-state index contributed by atoms with van der Waals surface area (Å²) in [5, 5.41) is 3.46. The Morgan fingerprint density at radius 2 is 1.64 bits per heavy atom. The average molecular weight is 317 g/mol. The van der Waals surface area contributed by atoms with Gasteiger partial charge in [0, 0.05) is 29.9 Å². The minimum absolute atomic E-state index is 0.00210. The van der Waals surface area contributed by atoms with E-state index in [1.54, 1.807) is 48.3 Å². The number of benzene rings is 2. The van der Waals surface area contributed by atoms with Crippen molar-refractivity contribution < 1.29 is 9.59 Å². The number of anilines is 1. The van der Waals surface area contributed by atoms with Crippen LogP contribution in [0.5, 0.6) is 0 Å². The molecule has 0 aliphatic carbocycles. The van der Waals surface area contributed by atoms with E-state index in [0.717, 1.165) is 5.56 Å². The van der Waals surface area contributed by atoms with E-state index in [1.807, 2.05) is 12.1 Å². The van der Waals surface area contributed by atoms with Crippen LogP contribution in [0, 0.1) is 0 Å². The molecule has 1 N–H and O–H groups in total. The number of carbonyl (C=O) groups is 2. The number of carbonyl (C=O) groups excluding carboxylic acids is 2. The first kappa shape index (κ1) is 16.0. The fraction of sp³-hybridized carbons (Fsp3) is 0.176. The molecule has 114 valence electrons. The van der Waals surface area contributed by atoms with Gasteiger partial charge in [-0.2, -0.15) is 0 Å². The van der Waals surface area contributed by atoms with E-state index in [2.05, 4.69) is 5.32 Å². The predicted octanol–water partition coefficient (Wildman–Crippen LogP) is 4.21. The van der Waals surface area contributed by atoms with Crippen molar-refractivity contribution in [2.75, 3.05) is 12.4 Å². The number of urea groups is 1. The zero-order valence-corrected chi connectivity index (χ0v) is 13.2. The summed E-state index contributed by atoms with van der Waals surface area (Å²) in [7, 11) is 1.72. The molecule has 0 unspecified atom stereocenters. The molecule has 0 spiro atoms. The highest BCUT2D eigenvalue weighted by atomic mass is 35.5. The molecule has 0 radical (unpaired) electrons. The third-order valence-corrected chi connectivity index (χ3v) is 3.47. The van der Waals surface area contributed by atoms with Crippen molar-refractivity contribution in [2.45, 2.75) is 13.5 Å². The van der Waals surface area contributed by atoms with E-state index in [9.17, 15) is 9.59 Å². The monoisotopic (exact) mass is 316 g/mol. The third kappa shape index (κ3) is 4.33. The Balaban J connectivity index is 1.95. The van der Waals surface area contributed by atoms with E-state index in [4.69, 9.17) is 11.6 Å². The van der Waals surface area contributed by atoms with Crippen LogP contribution < -0.4 is 5.32 Å². The molecule has 0 heterocycles. The van der Waals surface area contributed by atoms with Gasteiger partial charge in [0.1, 0.15) is 0 Å². The highest BCUT2D eigenvalue weighted by Crippen LogP contribution is 2.13. The standard InChI is InChI=1S/C17H17ClN2O2/c1-12(21)14-5-9-16(10-6-14)19-17(22)20(2)11-13-3-7-15(18)8-4-13/h3-10H,11H2,1-2H3,(H,19,22). The maximum absolute atomic E-state index is 12.1.